The molecule has 14 heavy (non-hydrogen) atoms. The minimum absolute atomic E-state index is 0.438. The van der Waals surface area contributed by atoms with E-state index in [4.69, 9.17) is 32.7 Å². The third-order valence-electron chi connectivity index (χ3n) is 1.81. The molecular weight excluding hydrogens is 223 g/mol. The smallest absolute Gasteiger partial charge is 0.141 e. The first-order chi connectivity index (χ1) is 6.65. The molecule has 0 aliphatic heterocycles. The first-order valence-corrected chi connectivity index (χ1v) is 4.63. The van der Waals surface area contributed by atoms with Gasteiger partial charge in [-0.2, -0.15) is 0 Å². The number of ether oxygens (including phenoxy) is 2. The highest BCUT2D eigenvalue weighted by atomic mass is 35.5. The van der Waals surface area contributed by atoms with E-state index in [1.54, 1.807) is 12.1 Å². The molecule has 0 saturated carbocycles. The van der Waals surface area contributed by atoms with Crippen molar-refractivity contribution in [2.45, 2.75) is 0 Å². The second kappa shape index (κ2) is 4.58. The lowest BCUT2D eigenvalue weighted by atomic mass is 10.2. The third kappa shape index (κ3) is 1.81. The maximum absolute atomic E-state index is 6.01. The van der Waals surface area contributed by atoms with E-state index in [9.17, 15) is 0 Å². The van der Waals surface area contributed by atoms with Gasteiger partial charge in [0, 0.05) is 11.6 Å². The van der Waals surface area contributed by atoms with Crippen LogP contribution in [0.4, 0.5) is 0 Å². The lowest BCUT2D eigenvalue weighted by molar-refractivity contribution is 0.394. The Bertz CT molecular complexity index is 333. The molecule has 4 heteroatoms. The van der Waals surface area contributed by atoms with E-state index in [1.165, 1.54) is 14.2 Å². The summed E-state index contributed by atoms with van der Waals surface area (Å²) in [6.07, 6.45) is 1.57. The van der Waals surface area contributed by atoms with E-state index in [2.05, 4.69) is 6.58 Å². The highest BCUT2D eigenvalue weighted by molar-refractivity contribution is 6.39. The molecule has 0 N–H and O–H groups in total. The molecule has 0 aliphatic carbocycles. The Morgan fingerprint density at radius 1 is 1.14 bits per heavy atom. The van der Waals surface area contributed by atoms with E-state index in [-0.39, 0.29) is 0 Å². The normalized spacial score (nSPS) is 9.71. The molecule has 0 amide bonds. The van der Waals surface area contributed by atoms with Crippen LogP contribution < -0.4 is 9.47 Å². The molecule has 2 nitrogen and oxygen atoms in total. The Labute approximate surface area is 93.0 Å². The molecule has 76 valence electrons. The molecule has 0 atom stereocenters. The van der Waals surface area contributed by atoms with Crippen molar-refractivity contribution in [1.29, 1.82) is 0 Å². The van der Waals surface area contributed by atoms with Crippen molar-refractivity contribution in [1.82, 2.24) is 0 Å². The van der Waals surface area contributed by atoms with Gasteiger partial charge in [0.2, 0.25) is 0 Å². The maximum atomic E-state index is 6.01. The summed E-state index contributed by atoms with van der Waals surface area (Å²) in [5, 5.41) is 0.876. The third-order valence-corrected chi connectivity index (χ3v) is 2.59. The average molecular weight is 233 g/mol. The molecule has 1 aromatic carbocycles. The summed E-state index contributed by atoms with van der Waals surface area (Å²) in [4.78, 5) is 0. The Morgan fingerprint density at radius 2 is 1.57 bits per heavy atom. The van der Waals surface area contributed by atoms with Crippen LogP contribution in [0.2, 0.25) is 10.0 Å². The van der Waals surface area contributed by atoms with Crippen LogP contribution in [0.25, 0.3) is 6.08 Å². The molecule has 0 bridgehead atoms. The SMILES string of the molecule is C=Cc1c(Cl)c(OC)cc(OC)c1Cl. The van der Waals surface area contributed by atoms with Crippen LogP contribution in [-0.4, -0.2) is 14.2 Å². The van der Waals surface area contributed by atoms with Gasteiger partial charge in [0.05, 0.1) is 24.3 Å². The summed E-state index contributed by atoms with van der Waals surface area (Å²) in [6.45, 7) is 3.62. The quantitative estimate of drug-likeness (QED) is 0.793. The van der Waals surface area contributed by atoms with E-state index in [0.29, 0.717) is 27.1 Å². The fourth-order valence-corrected chi connectivity index (χ4v) is 1.74. The van der Waals surface area contributed by atoms with Crippen LogP contribution in [0.1, 0.15) is 5.56 Å². The standard InChI is InChI=1S/C10H10Cl2O2/c1-4-6-9(11)7(13-2)5-8(14-3)10(6)12/h4-5H,1H2,2-3H3. The van der Waals surface area contributed by atoms with Gasteiger partial charge in [0.1, 0.15) is 11.5 Å². The topological polar surface area (TPSA) is 18.5 Å². The maximum Gasteiger partial charge on any atom is 0.141 e. The van der Waals surface area contributed by atoms with Gasteiger partial charge >= 0.3 is 0 Å². The Hall–Kier alpha value is -0.860. The zero-order valence-corrected chi connectivity index (χ0v) is 9.45. The number of methoxy groups -OCH3 is 2. The lowest BCUT2D eigenvalue weighted by Crippen LogP contribution is -1.92. The van der Waals surface area contributed by atoms with Crippen molar-refractivity contribution in [2.24, 2.45) is 0 Å². The van der Waals surface area contributed by atoms with E-state index in [1.807, 2.05) is 0 Å². The second-order valence-electron chi connectivity index (χ2n) is 2.53. The number of rotatable bonds is 3. The van der Waals surface area contributed by atoms with Gasteiger partial charge in [-0.25, -0.2) is 0 Å². The van der Waals surface area contributed by atoms with Gasteiger partial charge in [-0.15, -0.1) is 0 Å². The van der Waals surface area contributed by atoms with Gasteiger partial charge in [-0.05, 0) is 0 Å². The summed E-state index contributed by atoms with van der Waals surface area (Å²) in [5.74, 6) is 1.03. The average Bonchev–Trinajstić information content (AvgIpc) is 2.19. The van der Waals surface area contributed by atoms with Crippen LogP contribution in [0, 0.1) is 0 Å². The van der Waals surface area contributed by atoms with Crippen molar-refractivity contribution in [3.05, 3.63) is 28.3 Å². The highest BCUT2D eigenvalue weighted by Crippen LogP contribution is 2.40. The van der Waals surface area contributed by atoms with E-state index < -0.39 is 0 Å². The molecule has 0 fully saturated rings. The molecule has 1 rings (SSSR count). The molecule has 0 aromatic heterocycles. The van der Waals surface area contributed by atoms with Crippen LogP contribution in [0.5, 0.6) is 11.5 Å². The van der Waals surface area contributed by atoms with Crippen LogP contribution in [0.15, 0.2) is 12.6 Å². The molecule has 0 saturated heterocycles. The van der Waals surface area contributed by atoms with Crippen molar-refractivity contribution in [2.75, 3.05) is 14.2 Å². The number of benzene rings is 1. The fraction of sp³-hybridized carbons (Fsp3) is 0.200. The second-order valence-corrected chi connectivity index (χ2v) is 3.28. The van der Waals surface area contributed by atoms with Crippen LogP contribution >= 0.6 is 23.2 Å². The molecule has 0 spiro atoms. The Morgan fingerprint density at radius 3 is 1.86 bits per heavy atom. The van der Waals surface area contributed by atoms with Crippen LogP contribution in [-0.2, 0) is 0 Å². The summed E-state index contributed by atoms with van der Waals surface area (Å²) in [6, 6.07) is 1.64. The Balaban J connectivity index is 3.46. The lowest BCUT2D eigenvalue weighted by Gasteiger charge is -2.11. The summed E-state index contributed by atoms with van der Waals surface area (Å²) < 4.78 is 10.1. The molecule has 0 unspecified atom stereocenters. The minimum atomic E-state index is 0.438. The zero-order chi connectivity index (χ0) is 10.7. The zero-order valence-electron chi connectivity index (χ0n) is 7.93. The number of halogens is 2. The van der Waals surface area contributed by atoms with Crippen LogP contribution in [0.3, 0.4) is 0 Å². The monoisotopic (exact) mass is 232 g/mol. The first kappa shape index (κ1) is 11.2. The number of hydrogen-bond donors (Lipinski definition) is 0. The van der Waals surface area contributed by atoms with E-state index >= 15 is 0 Å². The van der Waals surface area contributed by atoms with Crippen molar-refractivity contribution in [3.63, 3.8) is 0 Å². The van der Waals surface area contributed by atoms with E-state index in [0.717, 1.165) is 0 Å². The Kier molecular flexibility index (Phi) is 3.67. The predicted octanol–water partition coefficient (Wildman–Crippen LogP) is 3.65. The molecule has 0 aliphatic rings. The fourth-order valence-electron chi connectivity index (χ4n) is 1.08. The summed E-state index contributed by atoms with van der Waals surface area (Å²) in [5.41, 5.74) is 0.615. The van der Waals surface area contributed by atoms with Crippen molar-refractivity contribution in [3.8, 4) is 11.5 Å². The molecule has 1 aromatic rings. The van der Waals surface area contributed by atoms with Gasteiger partial charge in [-0.1, -0.05) is 35.9 Å². The van der Waals surface area contributed by atoms with Crippen molar-refractivity contribution >= 4 is 29.3 Å². The molecule has 0 heterocycles. The van der Waals surface area contributed by atoms with Crippen molar-refractivity contribution < 1.29 is 9.47 Å². The van der Waals surface area contributed by atoms with Gasteiger partial charge in [0.25, 0.3) is 0 Å². The van der Waals surface area contributed by atoms with Gasteiger partial charge in [0.15, 0.2) is 0 Å². The minimum Gasteiger partial charge on any atom is -0.495 e. The summed E-state index contributed by atoms with van der Waals surface area (Å²) in [7, 11) is 3.06. The van der Waals surface area contributed by atoms with Gasteiger partial charge < -0.3 is 9.47 Å². The summed E-state index contributed by atoms with van der Waals surface area (Å²) >= 11 is 12.0. The predicted molar refractivity (Wildman–Crippen MR) is 59.7 cm³/mol. The molecular formula is C10H10Cl2O2. The van der Waals surface area contributed by atoms with Gasteiger partial charge in [-0.3, -0.25) is 0 Å². The largest absolute Gasteiger partial charge is 0.495 e. The highest BCUT2D eigenvalue weighted by Gasteiger charge is 2.14. The first-order valence-electron chi connectivity index (χ1n) is 3.88. The molecule has 0 radical (unpaired) electrons. The number of hydrogen-bond acceptors (Lipinski definition) is 2.